The number of benzene rings is 2. The summed E-state index contributed by atoms with van der Waals surface area (Å²) in [6.07, 6.45) is 3.60. The summed E-state index contributed by atoms with van der Waals surface area (Å²) in [5, 5.41) is 8.49. The highest BCUT2D eigenvalue weighted by Crippen LogP contribution is 2.34. The second-order valence-corrected chi connectivity index (χ2v) is 11.7. The molecule has 4 aromatic heterocycles. The van der Waals surface area contributed by atoms with Crippen LogP contribution in [0.4, 0.5) is 24.8 Å². The summed E-state index contributed by atoms with van der Waals surface area (Å²) in [7, 11) is 1.76. The molecule has 4 bridgehead atoms. The number of halogens is 3. The fourth-order valence-corrected chi connectivity index (χ4v) is 6.63. The molecule has 1 fully saturated rings. The lowest BCUT2D eigenvalue weighted by molar-refractivity contribution is -0.130. The molecule has 11 nitrogen and oxygen atoms in total. The predicted molar refractivity (Wildman–Crippen MR) is 165 cm³/mol. The summed E-state index contributed by atoms with van der Waals surface area (Å²) in [4.78, 5) is 35.9. The van der Waals surface area contributed by atoms with Gasteiger partial charge >= 0.3 is 0 Å². The number of carbonyl (C=O) groups is 1. The average molecular weight is 625 g/mol. The zero-order valence-electron chi connectivity index (χ0n) is 24.8. The number of nitrogens with zero attached hydrogens (tertiary/aromatic N) is 9. The fourth-order valence-electron chi connectivity index (χ4n) is 6.63. The Balaban J connectivity index is 1.21. The van der Waals surface area contributed by atoms with E-state index in [1.165, 1.54) is 35.3 Å². The van der Waals surface area contributed by atoms with Crippen LogP contribution in [0.2, 0.25) is 0 Å². The number of pyridine rings is 1. The zero-order valence-corrected chi connectivity index (χ0v) is 24.8. The van der Waals surface area contributed by atoms with E-state index in [0.29, 0.717) is 70.3 Å². The van der Waals surface area contributed by atoms with Gasteiger partial charge in [0.1, 0.15) is 47.7 Å². The monoisotopic (exact) mass is 624 g/mol. The molecule has 2 aliphatic heterocycles. The highest BCUT2D eigenvalue weighted by Gasteiger charge is 2.36. The Morgan fingerprint density at radius 3 is 2.70 bits per heavy atom. The van der Waals surface area contributed by atoms with Crippen LogP contribution in [0.15, 0.2) is 61.1 Å². The molecule has 2 aromatic carbocycles. The van der Waals surface area contributed by atoms with Crippen molar-refractivity contribution in [2.75, 3.05) is 30.4 Å². The summed E-state index contributed by atoms with van der Waals surface area (Å²) in [5.74, 6) is -0.244. The third-order valence-electron chi connectivity index (χ3n) is 8.75. The minimum atomic E-state index is -0.768. The van der Waals surface area contributed by atoms with Crippen LogP contribution < -0.4 is 10.2 Å². The van der Waals surface area contributed by atoms with Gasteiger partial charge in [0.15, 0.2) is 11.5 Å². The van der Waals surface area contributed by atoms with Crippen LogP contribution in [0.3, 0.4) is 0 Å². The van der Waals surface area contributed by atoms with Crippen LogP contribution in [0.1, 0.15) is 12.2 Å². The van der Waals surface area contributed by atoms with Gasteiger partial charge < -0.3 is 19.7 Å². The van der Waals surface area contributed by atoms with Crippen molar-refractivity contribution < 1.29 is 18.0 Å². The van der Waals surface area contributed by atoms with E-state index in [0.717, 1.165) is 6.07 Å². The molecule has 232 valence electrons. The quantitative estimate of drug-likeness (QED) is 0.300. The third kappa shape index (κ3) is 4.59. The van der Waals surface area contributed by atoms with Gasteiger partial charge in [-0.25, -0.2) is 37.8 Å². The SMILES string of the molecule is Cc1nc2cc(F)cc3c2n1CC(=O)N(C)C[C@@H]1C[C@@H](CN1c1ncnc2c1cnn2-c1ccc(F)cc1F)Nc1cccc-3n1. The smallest absolute Gasteiger partial charge is 0.242 e. The van der Waals surface area contributed by atoms with E-state index in [1.807, 2.05) is 22.8 Å². The summed E-state index contributed by atoms with van der Waals surface area (Å²) in [6.45, 7) is 2.70. The summed E-state index contributed by atoms with van der Waals surface area (Å²) < 4.78 is 46.3. The van der Waals surface area contributed by atoms with Gasteiger partial charge in [0.05, 0.1) is 34.4 Å². The first kappa shape index (κ1) is 28.0. The lowest BCUT2D eigenvalue weighted by Crippen LogP contribution is -2.42. The van der Waals surface area contributed by atoms with Crippen molar-refractivity contribution in [2.45, 2.75) is 32.0 Å². The summed E-state index contributed by atoms with van der Waals surface area (Å²) in [5.41, 5.74) is 2.62. The molecule has 1 N–H and O–H groups in total. The van der Waals surface area contributed by atoms with Crippen LogP contribution in [-0.2, 0) is 11.3 Å². The molecule has 0 saturated carbocycles. The summed E-state index contributed by atoms with van der Waals surface area (Å²) >= 11 is 0. The van der Waals surface area contributed by atoms with Crippen molar-refractivity contribution in [3.8, 4) is 16.9 Å². The maximum absolute atomic E-state index is 14.8. The Morgan fingerprint density at radius 2 is 1.85 bits per heavy atom. The molecule has 6 aromatic rings. The van der Waals surface area contributed by atoms with Crippen molar-refractivity contribution in [3.05, 3.63) is 84.3 Å². The molecule has 0 unspecified atom stereocenters. The largest absolute Gasteiger partial charge is 0.365 e. The van der Waals surface area contributed by atoms with E-state index >= 15 is 0 Å². The maximum Gasteiger partial charge on any atom is 0.242 e. The van der Waals surface area contributed by atoms with E-state index < -0.39 is 17.5 Å². The molecule has 0 spiro atoms. The molecular weight excluding hydrogens is 597 g/mol. The molecule has 1 amide bonds. The number of fused-ring (bicyclic) bond motifs is 6. The molecule has 14 heteroatoms. The lowest BCUT2D eigenvalue weighted by Gasteiger charge is -2.29. The number of aryl methyl sites for hydroxylation is 1. The van der Waals surface area contributed by atoms with Gasteiger partial charge in [-0.2, -0.15) is 5.10 Å². The minimum Gasteiger partial charge on any atom is -0.365 e. The number of aromatic nitrogens is 7. The molecule has 0 aliphatic carbocycles. The van der Waals surface area contributed by atoms with Crippen LogP contribution in [0, 0.1) is 24.4 Å². The van der Waals surface area contributed by atoms with Crippen LogP contribution in [0.25, 0.3) is 39.0 Å². The highest BCUT2D eigenvalue weighted by molar-refractivity contribution is 5.93. The van der Waals surface area contributed by atoms with Crippen LogP contribution in [-0.4, -0.2) is 77.3 Å². The Morgan fingerprint density at radius 1 is 0.978 bits per heavy atom. The first-order valence-corrected chi connectivity index (χ1v) is 14.8. The average Bonchev–Trinajstić information content (AvgIpc) is 3.71. The van der Waals surface area contributed by atoms with Gasteiger partial charge in [0.2, 0.25) is 5.91 Å². The number of anilines is 2. The number of likely N-dealkylation sites (N-methyl/N-ethyl adjacent to an activating group) is 1. The standard InChI is InChI=1S/C32H27F3N10O/c1-17-39-26-10-19(34)8-22-25-4-3-5-28(41-25)40-20-11-21(14-42(2)29(46)15-43(17)30(22)26)44(13-20)31-23-12-38-45(32(23)37-16-36-31)27-7-6-18(33)9-24(27)35/h3-10,12,16,20-21H,11,13-15H2,1-2H3,(H,40,41)/t20-,21-/m0/s1. The van der Waals surface area contributed by atoms with Crippen molar-refractivity contribution in [2.24, 2.45) is 0 Å². The number of carbonyl (C=O) groups excluding carboxylic acids is 1. The van der Waals surface area contributed by atoms with Crippen molar-refractivity contribution in [1.82, 2.24) is 39.2 Å². The molecule has 0 radical (unpaired) electrons. The second kappa shape index (κ2) is 10.5. The number of hydrogen-bond donors (Lipinski definition) is 1. The van der Waals surface area contributed by atoms with E-state index in [1.54, 1.807) is 25.1 Å². The van der Waals surface area contributed by atoms with Gasteiger partial charge in [0, 0.05) is 43.9 Å². The maximum atomic E-state index is 14.8. The third-order valence-corrected chi connectivity index (χ3v) is 8.75. The topological polar surface area (TPSA) is 110 Å². The van der Waals surface area contributed by atoms with Gasteiger partial charge in [-0.15, -0.1) is 0 Å². The number of rotatable bonds is 2. The molecule has 2 aliphatic rings. The molecule has 8 rings (SSSR count). The summed E-state index contributed by atoms with van der Waals surface area (Å²) in [6, 6.07) is 11.4. The van der Waals surface area contributed by atoms with Gasteiger partial charge in [-0.1, -0.05) is 6.07 Å². The van der Waals surface area contributed by atoms with E-state index in [-0.39, 0.29) is 30.2 Å². The predicted octanol–water partition coefficient (Wildman–Crippen LogP) is 4.48. The van der Waals surface area contributed by atoms with Crippen molar-refractivity contribution in [1.29, 1.82) is 0 Å². The van der Waals surface area contributed by atoms with Gasteiger partial charge in [-0.3, -0.25) is 4.79 Å². The number of hydrogen-bond acceptors (Lipinski definition) is 8. The Hall–Kier alpha value is -5.53. The minimum absolute atomic E-state index is 0.0132. The molecular formula is C32H27F3N10O. The van der Waals surface area contributed by atoms with E-state index in [9.17, 15) is 18.0 Å². The van der Waals surface area contributed by atoms with E-state index in [4.69, 9.17) is 4.98 Å². The van der Waals surface area contributed by atoms with Crippen molar-refractivity contribution in [3.63, 3.8) is 0 Å². The van der Waals surface area contributed by atoms with Crippen LogP contribution >= 0.6 is 0 Å². The normalized spacial score (nSPS) is 18.3. The number of imidazole rings is 1. The van der Waals surface area contributed by atoms with Crippen LogP contribution in [0.5, 0.6) is 0 Å². The second-order valence-electron chi connectivity index (χ2n) is 11.7. The molecule has 1 saturated heterocycles. The van der Waals surface area contributed by atoms with E-state index in [2.05, 4.69) is 30.3 Å². The first-order chi connectivity index (χ1) is 22.2. The number of nitrogens with one attached hydrogen (secondary N) is 1. The lowest BCUT2D eigenvalue weighted by atomic mass is 10.1. The highest BCUT2D eigenvalue weighted by atomic mass is 19.1. The number of amides is 1. The van der Waals surface area contributed by atoms with Gasteiger partial charge in [-0.05, 0) is 43.7 Å². The Kier molecular flexibility index (Phi) is 6.41. The fraction of sp³-hybridized carbons (Fsp3) is 0.250. The molecule has 2 atom stereocenters. The molecule has 6 heterocycles. The first-order valence-electron chi connectivity index (χ1n) is 14.8. The van der Waals surface area contributed by atoms with Crippen molar-refractivity contribution >= 4 is 39.6 Å². The zero-order chi connectivity index (χ0) is 31.7. The Bertz CT molecular complexity index is 2180. The van der Waals surface area contributed by atoms with Gasteiger partial charge in [0.25, 0.3) is 0 Å². The molecule has 46 heavy (non-hydrogen) atoms. The Labute approximate surface area is 260 Å².